The molecule has 3 aliphatic rings. The maximum Gasteiger partial charge on any atom is 0.323 e. The molecule has 0 spiro atoms. The number of nitrogens with one attached hydrogen (secondary N) is 1. The van der Waals surface area contributed by atoms with Gasteiger partial charge in [0.15, 0.2) is 11.5 Å². The van der Waals surface area contributed by atoms with Crippen LogP contribution in [0.1, 0.15) is 32.1 Å². The summed E-state index contributed by atoms with van der Waals surface area (Å²) >= 11 is 0. The second-order valence-corrected chi connectivity index (χ2v) is 7.86. The van der Waals surface area contributed by atoms with Gasteiger partial charge in [-0.3, -0.25) is 14.5 Å². The molecule has 2 fully saturated rings. The fraction of sp³-hybridized carbons (Fsp3) is 0.619. The summed E-state index contributed by atoms with van der Waals surface area (Å²) in [5.74, 6) is 1.58. The Hall–Kier alpha value is -2.28. The number of fused-ring (bicyclic) bond motifs is 2. The largest absolute Gasteiger partial charge is 0.486 e. The normalized spacial score (nSPS) is 29.0. The predicted octanol–water partition coefficient (Wildman–Crippen LogP) is 1.75. The first-order valence-corrected chi connectivity index (χ1v) is 10.1. The van der Waals surface area contributed by atoms with Crippen LogP contribution >= 0.6 is 0 Å². The molecule has 1 aromatic carbocycles. The number of para-hydroxylation sites is 2. The highest BCUT2D eigenvalue weighted by Gasteiger charge is 2.46. The molecule has 1 aliphatic carbocycles. The minimum atomic E-state index is -0.315. The SMILES string of the molecule is COC(=O)[C@@H]1C[C@@H]2CCCC[C@H]2N1CC(=O)NC[C@@H]1COc2ccccc2O1. The van der Waals surface area contributed by atoms with E-state index < -0.39 is 0 Å². The topological polar surface area (TPSA) is 77.1 Å². The van der Waals surface area contributed by atoms with Crippen molar-refractivity contribution in [1.29, 1.82) is 0 Å². The van der Waals surface area contributed by atoms with Crippen molar-refractivity contribution in [2.45, 2.75) is 50.3 Å². The Labute approximate surface area is 165 Å². The van der Waals surface area contributed by atoms with Crippen LogP contribution in [0.15, 0.2) is 24.3 Å². The lowest BCUT2D eigenvalue weighted by Crippen LogP contribution is -2.49. The number of hydrogen-bond acceptors (Lipinski definition) is 6. The van der Waals surface area contributed by atoms with Gasteiger partial charge in [0.2, 0.25) is 5.91 Å². The van der Waals surface area contributed by atoms with Crippen molar-refractivity contribution in [1.82, 2.24) is 10.2 Å². The highest BCUT2D eigenvalue weighted by molar-refractivity contribution is 5.81. The van der Waals surface area contributed by atoms with Crippen LogP contribution in [0, 0.1) is 5.92 Å². The number of amides is 1. The summed E-state index contributed by atoms with van der Waals surface area (Å²) in [4.78, 5) is 26.9. The van der Waals surface area contributed by atoms with Crippen LogP contribution in [0.3, 0.4) is 0 Å². The van der Waals surface area contributed by atoms with Gasteiger partial charge in [-0.25, -0.2) is 0 Å². The average molecular weight is 388 g/mol. The summed E-state index contributed by atoms with van der Waals surface area (Å²) in [6.45, 7) is 0.986. The molecule has 4 atom stereocenters. The second-order valence-electron chi connectivity index (χ2n) is 7.86. The van der Waals surface area contributed by atoms with E-state index in [9.17, 15) is 9.59 Å². The Morgan fingerprint density at radius 3 is 2.82 bits per heavy atom. The monoisotopic (exact) mass is 388 g/mol. The first-order chi connectivity index (χ1) is 13.7. The predicted molar refractivity (Wildman–Crippen MR) is 102 cm³/mol. The zero-order chi connectivity index (χ0) is 19.5. The summed E-state index contributed by atoms with van der Waals surface area (Å²) in [6, 6.07) is 7.50. The lowest BCUT2D eigenvalue weighted by Gasteiger charge is -2.33. The Kier molecular flexibility index (Phi) is 5.71. The number of likely N-dealkylation sites (tertiary alicyclic amines) is 1. The molecule has 4 rings (SSSR count). The number of carbonyl (C=O) groups excluding carboxylic acids is 2. The maximum absolute atomic E-state index is 12.6. The number of ether oxygens (including phenoxy) is 3. The van der Waals surface area contributed by atoms with Crippen molar-refractivity contribution >= 4 is 11.9 Å². The fourth-order valence-corrected chi connectivity index (χ4v) is 4.76. The maximum atomic E-state index is 12.6. The Bertz CT molecular complexity index is 725. The minimum absolute atomic E-state index is 0.0948. The molecule has 2 heterocycles. The van der Waals surface area contributed by atoms with E-state index in [4.69, 9.17) is 14.2 Å². The van der Waals surface area contributed by atoms with Gasteiger partial charge in [-0.15, -0.1) is 0 Å². The van der Waals surface area contributed by atoms with Gasteiger partial charge < -0.3 is 19.5 Å². The third-order valence-corrected chi connectivity index (χ3v) is 6.12. The molecule has 7 heteroatoms. The molecule has 1 N–H and O–H groups in total. The Balaban J connectivity index is 1.33. The lowest BCUT2D eigenvalue weighted by molar-refractivity contribution is -0.146. The molecule has 0 radical (unpaired) electrons. The van der Waals surface area contributed by atoms with E-state index >= 15 is 0 Å². The van der Waals surface area contributed by atoms with Crippen molar-refractivity contribution in [3.05, 3.63) is 24.3 Å². The average Bonchev–Trinajstić information content (AvgIpc) is 3.10. The molecule has 0 bridgehead atoms. The van der Waals surface area contributed by atoms with Crippen LogP contribution in [0.2, 0.25) is 0 Å². The van der Waals surface area contributed by atoms with Crippen molar-refractivity contribution in [2.24, 2.45) is 5.92 Å². The van der Waals surface area contributed by atoms with E-state index in [1.54, 1.807) is 0 Å². The van der Waals surface area contributed by atoms with E-state index in [0.29, 0.717) is 30.9 Å². The van der Waals surface area contributed by atoms with Crippen LogP contribution in [0.5, 0.6) is 11.5 Å². The third-order valence-electron chi connectivity index (χ3n) is 6.12. The molecule has 1 saturated heterocycles. The van der Waals surface area contributed by atoms with Crippen LogP contribution in [0.4, 0.5) is 0 Å². The van der Waals surface area contributed by atoms with Gasteiger partial charge in [0.1, 0.15) is 18.8 Å². The van der Waals surface area contributed by atoms with Crippen molar-refractivity contribution in [3.8, 4) is 11.5 Å². The van der Waals surface area contributed by atoms with E-state index in [1.165, 1.54) is 13.5 Å². The van der Waals surface area contributed by atoms with Gasteiger partial charge in [-0.2, -0.15) is 0 Å². The van der Waals surface area contributed by atoms with E-state index in [-0.39, 0.29) is 30.6 Å². The molecule has 1 saturated carbocycles. The Morgan fingerprint density at radius 1 is 1.21 bits per heavy atom. The molecule has 28 heavy (non-hydrogen) atoms. The Morgan fingerprint density at radius 2 is 2.00 bits per heavy atom. The summed E-state index contributed by atoms with van der Waals surface area (Å²) in [5, 5.41) is 2.95. The van der Waals surface area contributed by atoms with Crippen molar-refractivity contribution in [2.75, 3.05) is 26.8 Å². The van der Waals surface area contributed by atoms with Crippen LogP contribution in [0.25, 0.3) is 0 Å². The van der Waals surface area contributed by atoms with E-state index in [0.717, 1.165) is 31.4 Å². The third kappa shape index (κ3) is 3.94. The number of rotatable bonds is 5. The number of methoxy groups -OCH3 is 1. The zero-order valence-corrected chi connectivity index (χ0v) is 16.3. The quantitative estimate of drug-likeness (QED) is 0.775. The molecule has 1 amide bonds. The number of benzene rings is 1. The van der Waals surface area contributed by atoms with E-state index in [2.05, 4.69) is 10.2 Å². The van der Waals surface area contributed by atoms with Gasteiger partial charge in [0.05, 0.1) is 20.2 Å². The molecule has 0 unspecified atom stereocenters. The van der Waals surface area contributed by atoms with Gasteiger partial charge in [0, 0.05) is 6.04 Å². The summed E-state index contributed by atoms with van der Waals surface area (Å²) in [6.07, 6.45) is 5.09. The van der Waals surface area contributed by atoms with Gasteiger partial charge in [-0.1, -0.05) is 25.0 Å². The number of nitrogens with zero attached hydrogens (tertiary/aromatic N) is 1. The highest BCUT2D eigenvalue weighted by atomic mass is 16.6. The number of hydrogen-bond donors (Lipinski definition) is 1. The van der Waals surface area contributed by atoms with Crippen LogP contribution in [-0.4, -0.2) is 61.8 Å². The number of carbonyl (C=O) groups is 2. The molecular formula is C21H28N2O5. The van der Waals surface area contributed by atoms with Gasteiger partial charge in [-0.05, 0) is 37.3 Å². The van der Waals surface area contributed by atoms with Crippen molar-refractivity contribution < 1.29 is 23.8 Å². The van der Waals surface area contributed by atoms with Gasteiger partial charge in [0.25, 0.3) is 0 Å². The van der Waals surface area contributed by atoms with Crippen molar-refractivity contribution in [3.63, 3.8) is 0 Å². The fourth-order valence-electron chi connectivity index (χ4n) is 4.76. The molecule has 7 nitrogen and oxygen atoms in total. The first-order valence-electron chi connectivity index (χ1n) is 10.1. The lowest BCUT2D eigenvalue weighted by atomic mass is 9.85. The summed E-state index contributed by atoms with van der Waals surface area (Å²) in [7, 11) is 1.42. The molecule has 0 aromatic heterocycles. The van der Waals surface area contributed by atoms with Crippen LogP contribution < -0.4 is 14.8 Å². The number of esters is 1. The molecular weight excluding hydrogens is 360 g/mol. The highest BCUT2D eigenvalue weighted by Crippen LogP contribution is 2.39. The molecule has 2 aliphatic heterocycles. The molecule has 152 valence electrons. The summed E-state index contributed by atoms with van der Waals surface area (Å²) in [5.41, 5.74) is 0. The molecule has 1 aromatic rings. The van der Waals surface area contributed by atoms with Gasteiger partial charge >= 0.3 is 5.97 Å². The zero-order valence-electron chi connectivity index (χ0n) is 16.3. The minimum Gasteiger partial charge on any atom is -0.486 e. The second kappa shape index (κ2) is 8.39. The van der Waals surface area contributed by atoms with Crippen LogP contribution in [-0.2, 0) is 14.3 Å². The smallest absolute Gasteiger partial charge is 0.323 e. The van der Waals surface area contributed by atoms with E-state index in [1.807, 2.05) is 24.3 Å². The first kappa shape index (κ1) is 19.1. The summed E-state index contributed by atoms with van der Waals surface area (Å²) < 4.78 is 16.6. The standard InChI is InChI=1S/C21H28N2O5/c1-26-21(25)17-10-14-6-2-3-7-16(14)23(17)12-20(24)22-11-15-13-27-18-8-4-5-9-19(18)28-15/h4-5,8-9,14-17H,2-3,6-7,10-13H2,1H3,(H,22,24)/t14-,15+,16+,17-/m0/s1.